The lowest BCUT2D eigenvalue weighted by Gasteiger charge is -2.48. The molecular formula is C16H22N4. The van der Waals surface area contributed by atoms with Crippen LogP contribution in [0.5, 0.6) is 0 Å². The maximum Gasteiger partial charge on any atom is 0.0725 e. The average molecular weight is 270 g/mol. The molecule has 1 atom stereocenters. The van der Waals surface area contributed by atoms with Crippen LogP contribution in [0.2, 0.25) is 0 Å². The van der Waals surface area contributed by atoms with E-state index in [9.17, 15) is 0 Å². The molecule has 0 bridgehead atoms. The van der Waals surface area contributed by atoms with Crippen molar-refractivity contribution in [2.75, 3.05) is 0 Å². The molecule has 1 saturated carbocycles. The van der Waals surface area contributed by atoms with Crippen LogP contribution in [0.15, 0.2) is 42.6 Å². The van der Waals surface area contributed by atoms with Crippen molar-refractivity contribution >= 4 is 0 Å². The molecular weight excluding hydrogens is 248 g/mol. The lowest BCUT2D eigenvalue weighted by molar-refractivity contribution is 0.163. The molecule has 1 unspecified atom stereocenters. The zero-order chi connectivity index (χ0) is 14.0. The van der Waals surface area contributed by atoms with Gasteiger partial charge in [0.25, 0.3) is 0 Å². The number of aryl methyl sites for hydroxylation is 1. The summed E-state index contributed by atoms with van der Waals surface area (Å²) in [5.41, 5.74) is 5.71. The van der Waals surface area contributed by atoms with E-state index in [0.717, 1.165) is 6.54 Å². The van der Waals surface area contributed by atoms with E-state index in [0.29, 0.717) is 0 Å². The summed E-state index contributed by atoms with van der Waals surface area (Å²) >= 11 is 0. The average Bonchev–Trinajstić information content (AvgIpc) is 2.91. The van der Waals surface area contributed by atoms with Crippen LogP contribution in [-0.2, 0) is 12.0 Å². The van der Waals surface area contributed by atoms with Gasteiger partial charge in [0.05, 0.1) is 11.7 Å². The summed E-state index contributed by atoms with van der Waals surface area (Å²) in [6.07, 6.45) is 5.45. The molecule has 106 valence electrons. The van der Waals surface area contributed by atoms with Crippen molar-refractivity contribution in [3.63, 3.8) is 0 Å². The second kappa shape index (κ2) is 5.38. The summed E-state index contributed by atoms with van der Waals surface area (Å²) < 4.78 is 2.04. The van der Waals surface area contributed by atoms with E-state index in [-0.39, 0.29) is 11.5 Å². The minimum atomic E-state index is 0.100. The molecule has 0 saturated heterocycles. The molecule has 1 aliphatic rings. The Balaban J connectivity index is 2.03. The van der Waals surface area contributed by atoms with E-state index < -0.39 is 0 Å². The van der Waals surface area contributed by atoms with E-state index in [4.69, 9.17) is 5.84 Å². The van der Waals surface area contributed by atoms with E-state index in [1.807, 2.05) is 10.9 Å². The topological polar surface area (TPSA) is 55.9 Å². The highest BCUT2D eigenvalue weighted by Crippen LogP contribution is 2.51. The van der Waals surface area contributed by atoms with E-state index in [1.165, 1.54) is 30.5 Å². The number of nitrogens with two attached hydrogens (primary N) is 1. The van der Waals surface area contributed by atoms with Gasteiger partial charge in [-0.25, -0.2) is 0 Å². The Morgan fingerprint density at radius 1 is 1.30 bits per heavy atom. The SMILES string of the molecule is CCn1nccc1C(NN)C1(c2ccccc2)CCC1. The molecule has 0 aliphatic heterocycles. The first-order valence-corrected chi connectivity index (χ1v) is 7.35. The molecule has 1 heterocycles. The van der Waals surface area contributed by atoms with Gasteiger partial charge >= 0.3 is 0 Å². The second-order valence-corrected chi connectivity index (χ2v) is 5.55. The Kier molecular flexibility index (Phi) is 3.59. The van der Waals surface area contributed by atoms with Gasteiger partial charge in [0.2, 0.25) is 0 Å². The van der Waals surface area contributed by atoms with Gasteiger partial charge in [-0.2, -0.15) is 5.10 Å². The van der Waals surface area contributed by atoms with Crippen LogP contribution >= 0.6 is 0 Å². The van der Waals surface area contributed by atoms with Gasteiger partial charge in [0.1, 0.15) is 0 Å². The van der Waals surface area contributed by atoms with Gasteiger partial charge < -0.3 is 0 Å². The number of benzene rings is 1. The van der Waals surface area contributed by atoms with Crippen LogP contribution in [0.1, 0.15) is 43.5 Å². The Bertz CT molecular complexity index is 557. The fraction of sp³-hybridized carbons (Fsp3) is 0.438. The molecule has 0 amide bonds. The molecule has 1 fully saturated rings. The molecule has 4 nitrogen and oxygen atoms in total. The quantitative estimate of drug-likeness (QED) is 0.648. The highest BCUT2D eigenvalue weighted by atomic mass is 15.3. The zero-order valence-corrected chi connectivity index (χ0v) is 11.9. The highest BCUT2D eigenvalue weighted by Gasteiger charge is 2.46. The number of hydrogen-bond donors (Lipinski definition) is 2. The summed E-state index contributed by atoms with van der Waals surface area (Å²) in [4.78, 5) is 0. The number of aromatic nitrogens is 2. The maximum absolute atomic E-state index is 5.93. The molecule has 1 aromatic carbocycles. The van der Waals surface area contributed by atoms with Crippen LogP contribution < -0.4 is 11.3 Å². The van der Waals surface area contributed by atoms with Crippen LogP contribution in [0.4, 0.5) is 0 Å². The van der Waals surface area contributed by atoms with Crippen molar-refractivity contribution in [1.29, 1.82) is 0 Å². The standard InChI is InChI=1S/C16H22N4/c1-2-20-14(9-12-18-20)15(19-17)16(10-6-11-16)13-7-4-3-5-8-13/h3-5,7-9,12,15,19H,2,6,10-11,17H2,1H3. The number of nitrogens with zero attached hydrogens (tertiary/aromatic N) is 2. The predicted octanol–water partition coefficient (Wildman–Crippen LogP) is 2.53. The first-order valence-electron chi connectivity index (χ1n) is 7.35. The van der Waals surface area contributed by atoms with Crippen LogP contribution in [0, 0.1) is 0 Å². The lowest BCUT2D eigenvalue weighted by Crippen LogP contribution is -2.49. The van der Waals surface area contributed by atoms with Gasteiger partial charge in [-0.15, -0.1) is 0 Å². The van der Waals surface area contributed by atoms with Crippen molar-refractivity contribution in [3.8, 4) is 0 Å². The van der Waals surface area contributed by atoms with Crippen LogP contribution in [-0.4, -0.2) is 9.78 Å². The van der Waals surface area contributed by atoms with Gasteiger partial charge in [-0.1, -0.05) is 36.8 Å². The maximum atomic E-state index is 5.93. The third-order valence-corrected chi connectivity index (χ3v) is 4.66. The highest BCUT2D eigenvalue weighted by molar-refractivity contribution is 5.33. The van der Waals surface area contributed by atoms with Gasteiger partial charge in [-0.3, -0.25) is 16.0 Å². The zero-order valence-electron chi connectivity index (χ0n) is 11.9. The number of hydrazine groups is 1. The Hall–Kier alpha value is -1.65. The Morgan fingerprint density at radius 2 is 2.05 bits per heavy atom. The molecule has 1 aromatic heterocycles. The number of rotatable bonds is 5. The molecule has 3 rings (SSSR count). The van der Waals surface area contributed by atoms with Crippen LogP contribution in [0.25, 0.3) is 0 Å². The Labute approximate surface area is 120 Å². The fourth-order valence-electron chi connectivity index (χ4n) is 3.45. The smallest absolute Gasteiger partial charge is 0.0725 e. The molecule has 1 aliphatic carbocycles. The van der Waals surface area contributed by atoms with E-state index >= 15 is 0 Å². The van der Waals surface area contributed by atoms with Crippen molar-refractivity contribution in [1.82, 2.24) is 15.2 Å². The monoisotopic (exact) mass is 270 g/mol. The third-order valence-electron chi connectivity index (χ3n) is 4.66. The van der Waals surface area contributed by atoms with Crippen molar-refractivity contribution in [2.45, 2.75) is 44.2 Å². The normalized spacial score (nSPS) is 18.5. The molecule has 0 radical (unpaired) electrons. The molecule has 20 heavy (non-hydrogen) atoms. The van der Waals surface area contributed by atoms with Crippen molar-refractivity contribution in [2.24, 2.45) is 5.84 Å². The lowest BCUT2D eigenvalue weighted by atomic mass is 9.59. The fourth-order valence-corrected chi connectivity index (χ4v) is 3.45. The summed E-state index contributed by atoms with van der Waals surface area (Å²) in [5.74, 6) is 5.93. The largest absolute Gasteiger partial charge is 0.271 e. The minimum Gasteiger partial charge on any atom is -0.271 e. The first kappa shape index (κ1) is 13.3. The Morgan fingerprint density at radius 3 is 2.60 bits per heavy atom. The number of nitrogens with one attached hydrogen (secondary N) is 1. The van der Waals surface area contributed by atoms with Gasteiger partial charge in [0.15, 0.2) is 0 Å². The van der Waals surface area contributed by atoms with E-state index in [1.54, 1.807) is 0 Å². The molecule has 3 N–H and O–H groups in total. The molecule has 0 spiro atoms. The number of hydrogen-bond acceptors (Lipinski definition) is 3. The molecule has 2 aromatic rings. The first-order chi connectivity index (χ1) is 9.81. The summed E-state index contributed by atoms with van der Waals surface area (Å²) in [5, 5.41) is 4.39. The van der Waals surface area contributed by atoms with Crippen molar-refractivity contribution in [3.05, 3.63) is 53.9 Å². The van der Waals surface area contributed by atoms with Crippen molar-refractivity contribution < 1.29 is 0 Å². The van der Waals surface area contributed by atoms with Gasteiger partial charge in [-0.05, 0) is 31.4 Å². The molecule has 4 heteroatoms. The van der Waals surface area contributed by atoms with Crippen LogP contribution in [0.3, 0.4) is 0 Å². The summed E-state index contributed by atoms with van der Waals surface area (Å²) in [6, 6.07) is 12.9. The van der Waals surface area contributed by atoms with E-state index in [2.05, 4.69) is 53.8 Å². The summed E-state index contributed by atoms with van der Waals surface area (Å²) in [7, 11) is 0. The third kappa shape index (κ3) is 1.96. The predicted molar refractivity (Wildman–Crippen MR) is 79.9 cm³/mol. The summed E-state index contributed by atoms with van der Waals surface area (Å²) in [6.45, 7) is 2.98. The van der Waals surface area contributed by atoms with Gasteiger partial charge in [0, 0.05) is 18.2 Å². The second-order valence-electron chi connectivity index (χ2n) is 5.55. The minimum absolute atomic E-state index is 0.100.